The molecule has 1 saturated heterocycles. The van der Waals surface area contributed by atoms with Crippen LogP contribution in [0.3, 0.4) is 0 Å². The quantitative estimate of drug-likeness (QED) is 0.251. The fourth-order valence-corrected chi connectivity index (χ4v) is 5.46. The van der Waals surface area contributed by atoms with Crippen molar-refractivity contribution in [2.24, 2.45) is 5.92 Å². The number of aromatic nitrogens is 5. The van der Waals surface area contributed by atoms with Gasteiger partial charge in [-0.15, -0.1) is 10.2 Å². The molecule has 216 valence electrons. The third-order valence-electron chi connectivity index (χ3n) is 7.79. The van der Waals surface area contributed by atoms with E-state index in [1.165, 1.54) is 24.3 Å². The fraction of sp³-hybridized carbons (Fsp3) is 0.312. The second-order valence-corrected chi connectivity index (χ2v) is 11.2. The number of hydrogen-bond donors (Lipinski definition) is 2. The minimum atomic E-state index is -0.315. The molecule has 6 rings (SSSR count). The molecule has 3 heterocycles. The van der Waals surface area contributed by atoms with E-state index in [-0.39, 0.29) is 17.7 Å². The molecule has 0 amide bonds. The maximum absolute atomic E-state index is 14.2. The number of piperazine rings is 1. The van der Waals surface area contributed by atoms with Gasteiger partial charge in [0.1, 0.15) is 11.6 Å². The lowest BCUT2D eigenvalue weighted by atomic mass is 10.0. The van der Waals surface area contributed by atoms with Crippen molar-refractivity contribution in [1.82, 2.24) is 30.7 Å². The van der Waals surface area contributed by atoms with Crippen molar-refractivity contribution in [3.63, 3.8) is 0 Å². The van der Waals surface area contributed by atoms with Crippen molar-refractivity contribution >= 4 is 22.5 Å². The van der Waals surface area contributed by atoms with E-state index in [1.54, 1.807) is 12.1 Å². The number of anilines is 2. The van der Waals surface area contributed by atoms with E-state index in [4.69, 9.17) is 10.1 Å². The summed E-state index contributed by atoms with van der Waals surface area (Å²) >= 11 is 0. The van der Waals surface area contributed by atoms with Gasteiger partial charge in [0, 0.05) is 55.4 Å². The first-order chi connectivity index (χ1) is 20.3. The van der Waals surface area contributed by atoms with Crippen molar-refractivity contribution in [1.29, 1.82) is 0 Å². The second-order valence-electron chi connectivity index (χ2n) is 11.2. The third kappa shape index (κ3) is 5.94. The average molecular weight is 569 g/mol. The smallest absolute Gasteiger partial charge is 0.195 e. The Hall–Kier alpha value is -4.44. The number of rotatable bonds is 8. The zero-order valence-electron chi connectivity index (χ0n) is 24.0. The van der Waals surface area contributed by atoms with Crippen LogP contribution < -0.4 is 15.1 Å². The summed E-state index contributed by atoms with van der Waals surface area (Å²) < 4.78 is 28.4. The monoisotopic (exact) mass is 568 g/mol. The first kappa shape index (κ1) is 27.7. The molecular formula is C32H34F2N8. The zero-order chi connectivity index (χ0) is 29.2. The second kappa shape index (κ2) is 11.8. The molecule has 0 saturated carbocycles. The molecule has 2 N–H and O–H groups in total. The number of nitrogens with zero attached hydrogens (tertiary/aromatic N) is 6. The van der Waals surface area contributed by atoms with E-state index in [0.717, 1.165) is 52.9 Å². The van der Waals surface area contributed by atoms with Gasteiger partial charge in [-0.25, -0.2) is 13.8 Å². The number of benzene rings is 3. The van der Waals surface area contributed by atoms with Crippen LogP contribution in [0.2, 0.25) is 0 Å². The van der Waals surface area contributed by atoms with Gasteiger partial charge in [-0.3, -0.25) is 5.10 Å². The highest BCUT2D eigenvalue weighted by atomic mass is 19.1. The number of hydrogen-bond acceptors (Lipinski definition) is 7. The van der Waals surface area contributed by atoms with Gasteiger partial charge in [-0.1, -0.05) is 38.1 Å². The summed E-state index contributed by atoms with van der Waals surface area (Å²) in [5, 5.41) is 21.4. The summed E-state index contributed by atoms with van der Waals surface area (Å²) in [4.78, 5) is 9.37. The van der Waals surface area contributed by atoms with E-state index in [9.17, 15) is 8.78 Å². The molecule has 5 aromatic rings. The SMILES string of the molecule is Cc1[nH]nc2ccc(-c3nnc(N(Cc4cccc(F)c4)Cc4cccc(F)c4)c(N4CCN[C@@H](C(C)C)C4)n3)cc12. The molecule has 0 bridgehead atoms. The van der Waals surface area contributed by atoms with E-state index >= 15 is 0 Å². The van der Waals surface area contributed by atoms with Gasteiger partial charge >= 0.3 is 0 Å². The van der Waals surface area contributed by atoms with Gasteiger partial charge in [0.05, 0.1) is 5.52 Å². The van der Waals surface area contributed by atoms with Crippen LogP contribution >= 0.6 is 0 Å². The molecule has 0 spiro atoms. The maximum Gasteiger partial charge on any atom is 0.195 e. The third-order valence-corrected chi connectivity index (χ3v) is 7.79. The first-order valence-electron chi connectivity index (χ1n) is 14.3. The number of halogens is 2. The number of nitrogens with one attached hydrogen (secondary N) is 2. The highest BCUT2D eigenvalue weighted by Gasteiger charge is 2.28. The standard InChI is InChI=1S/C32H34F2N8/c1-20(2)29-19-41(13-12-35-29)31-32(40-39-30(36-31)24-10-11-28-27(16-24)21(3)37-38-28)42(17-22-6-4-8-25(33)14-22)18-23-7-5-9-26(34)15-23/h4-11,14-16,20,29,35H,12-13,17-19H2,1-3H3,(H,37,38)/t29-/m1/s1. The largest absolute Gasteiger partial charge is 0.351 e. The van der Waals surface area contributed by atoms with Crippen molar-refractivity contribution < 1.29 is 8.78 Å². The Bertz CT molecular complexity index is 1650. The van der Waals surface area contributed by atoms with Gasteiger partial charge in [-0.05, 0) is 66.4 Å². The van der Waals surface area contributed by atoms with Crippen molar-refractivity contribution in [2.45, 2.75) is 39.9 Å². The Balaban J connectivity index is 1.46. The summed E-state index contributed by atoms with van der Waals surface area (Å²) in [6, 6.07) is 19.2. The predicted molar refractivity (Wildman–Crippen MR) is 161 cm³/mol. The fourth-order valence-electron chi connectivity index (χ4n) is 5.46. The van der Waals surface area contributed by atoms with Gasteiger partial charge < -0.3 is 15.1 Å². The minimum Gasteiger partial charge on any atom is -0.351 e. The van der Waals surface area contributed by atoms with Crippen LogP contribution in [-0.2, 0) is 13.1 Å². The van der Waals surface area contributed by atoms with Gasteiger partial charge in [0.15, 0.2) is 17.5 Å². The van der Waals surface area contributed by atoms with Crippen molar-refractivity contribution in [3.8, 4) is 11.4 Å². The molecule has 10 heteroatoms. The van der Waals surface area contributed by atoms with E-state index in [1.807, 2.05) is 42.2 Å². The van der Waals surface area contributed by atoms with E-state index in [0.29, 0.717) is 36.5 Å². The summed E-state index contributed by atoms with van der Waals surface area (Å²) in [7, 11) is 0. The lowest BCUT2D eigenvalue weighted by Crippen LogP contribution is -2.53. The maximum atomic E-state index is 14.2. The van der Waals surface area contributed by atoms with E-state index in [2.05, 4.69) is 39.4 Å². The summed E-state index contributed by atoms with van der Waals surface area (Å²) in [5.41, 5.74) is 4.22. The molecular weight excluding hydrogens is 534 g/mol. The summed E-state index contributed by atoms with van der Waals surface area (Å²) in [6.45, 7) is 9.36. The number of fused-ring (bicyclic) bond motifs is 1. The van der Waals surface area contributed by atoms with Crippen molar-refractivity contribution in [2.75, 3.05) is 29.4 Å². The molecule has 1 aliphatic rings. The highest BCUT2D eigenvalue weighted by molar-refractivity contribution is 5.85. The zero-order valence-corrected chi connectivity index (χ0v) is 24.0. The molecule has 1 aliphatic heterocycles. The van der Waals surface area contributed by atoms with Crippen LogP contribution in [0.4, 0.5) is 20.4 Å². The normalized spacial score (nSPS) is 15.5. The predicted octanol–water partition coefficient (Wildman–Crippen LogP) is 5.64. The number of H-pyrrole nitrogens is 1. The van der Waals surface area contributed by atoms with Crippen LogP contribution in [0.5, 0.6) is 0 Å². The van der Waals surface area contributed by atoms with Crippen LogP contribution in [0.25, 0.3) is 22.3 Å². The topological polar surface area (TPSA) is 85.9 Å². The first-order valence-corrected chi connectivity index (χ1v) is 14.3. The van der Waals surface area contributed by atoms with Crippen LogP contribution in [0.1, 0.15) is 30.7 Å². The van der Waals surface area contributed by atoms with Crippen LogP contribution in [-0.4, -0.2) is 51.1 Å². The molecule has 2 aromatic heterocycles. The van der Waals surface area contributed by atoms with Gasteiger partial charge in [-0.2, -0.15) is 5.10 Å². The molecule has 1 fully saturated rings. The number of aromatic amines is 1. The van der Waals surface area contributed by atoms with Crippen molar-refractivity contribution in [3.05, 3.63) is 95.2 Å². The Morgan fingerprint density at radius 3 is 2.33 bits per heavy atom. The molecule has 42 heavy (non-hydrogen) atoms. The minimum absolute atomic E-state index is 0.273. The summed E-state index contributed by atoms with van der Waals surface area (Å²) in [5.74, 6) is 1.57. The molecule has 1 atom stereocenters. The molecule has 0 unspecified atom stereocenters. The number of aryl methyl sites for hydroxylation is 1. The van der Waals surface area contributed by atoms with Crippen LogP contribution in [0.15, 0.2) is 66.7 Å². The molecule has 8 nitrogen and oxygen atoms in total. The van der Waals surface area contributed by atoms with Crippen LogP contribution in [0, 0.1) is 24.5 Å². The molecule has 0 radical (unpaired) electrons. The Kier molecular flexibility index (Phi) is 7.80. The lowest BCUT2D eigenvalue weighted by Gasteiger charge is -2.38. The lowest BCUT2D eigenvalue weighted by molar-refractivity contribution is 0.367. The molecule has 3 aromatic carbocycles. The Labute approximate surface area is 243 Å². The molecule has 0 aliphatic carbocycles. The Morgan fingerprint density at radius 1 is 0.952 bits per heavy atom. The Morgan fingerprint density at radius 2 is 1.67 bits per heavy atom. The summed E-state index contributed by atoms with van der Waals surface area (Å²) in [6.07, 6.45) is 0. The highest BCUT2D eigenvalue weighted by Crippen LogP contribution is 2.32. The average Bonchev–Trinajstić information content (AvgIpc) is 3.36. The van der Waals surface area contributed by atoms with Gasteiger partial charge in [0.25, 0.3) is 0 Å². The van der Waals surface area contributed by atoms with E-state index < -0.39 is 0 Å². The van der Waals surface area contributed by atoms with Gasteiger partial charge in [0.2, 0.25) is 0 Å².